The third kappa shape index (κ3) is 3.70. The van der Waals surface area contributed by atoms with E-state index < -0.39 is 0 Å². The smallest absolute Gasteiger partial charge is 0.259 e. The van der Waals surface area contributed by atoms with Gasteiger partial charge in [0.05, 0.1) is 24.0 Å². The average molecular weight is 411 g/mol. The van der Waals surface area contributed by atoms with Gasteiger partial charge < -0.3 is 0 Å². The molecule has 1 amide bonds. The number of aromatic nitrogens is 4. The van der Waals surface area contributed by atoms with Crippen LogP contribution in [-0.2, 0) is 6.54 Å². The number of hydrogen-bond acceptors (Lipinski definition) is 5. The van der Waals surface area contributed by atoms with Gasteiger partial charge in [-0.2, -0.15) is 5.10 Å². The summed E-state index contributed by atoms with van der Waals surface area (Å²) in [6, 6.07) is 21.8. The molecule has 0 bridgehead atoms. The Labute approximate surface area is 176 Å². The number of benzene rings is 2. The minimum Gasteiger partial charge on any atom is -0.298 e. The van der Waals surface area contributed by atoms with E-state index in [4.69, 9.17) is 0 Å². The quantitative estimate of drug-likeness (QED) is 0.448. The van der Waals surface area contributed by atoms with Crippen molar-refractivity contribution in [1.82, 2.24) is 19.7 Å². The Morgan fingerprint density at radius 2 is 1.77 bits per heavy atom. The highest BCUT2D eigenvalue weighted by molar-refractivity contribution is 7.14. The summed E-state index contributed by atoms with van der Waals surface area (Å²) in [6.45, 7) is 0.629. The van der Waals surface area contributed by atoms with E-state index in [1.165, 1.54) is 11.3 Å². The Hall–Kier alpha value is -3.84. The van der Waals surface area contributed by atoms with Crippen LogP contribution in [-0.4, -0.2) is 25.7 Å². The van der Waals surface area contributed by atoms with Crippen molar-refractivity contribution >= 4 is 33.4 Å². The first kappa shape index (κ1) is 18.2. The van der Waals surface area contributed by atoms with Crippen LogP contribution in [0, 0.1) is 0 Å². The lowest BCUT2D eigenvalue weighted by Gasteiger charge is -2.04. The van der Waals surface area contributed by atoms with E-state index in [0.717, 1.165) is 27.9 Å². The minimum absolute atomic E-state index is 0.242. The lowest BCUT2D eigenvalue weighted by Crippen LogP contribution is -2.12. The largest absolute Gasteiger partial charge is 0.298 e. The third-order valence-corrected chi connectivity index (χ3v) is 5.47. The van der Waals surface area contributed by atoms with Crippen LogP contribution in [0.2, 0.25) is 0 Å². The zero-order valence-electron chi connectivity index (χ0n) is 15.9. The van der Waals surface area contributed by atoms with Crippen LogP contribution in [0.25, 0.3) is 22.3 Å². The van der Waals surface area contributed by atoms with Gasteiger partial charge in [0.15, 0.2) is 10.8 Å². The number of carbonyl (C=O) groups excluding carboxylic acids is 1. The molecule has 0 saturated carbocycles. The summed E-state index contributed by atoms with van der Waals surface area (Å²) in [5, 5.41) is 10.6. The summed E-state index contributed by atoms with van der Waals surface area (Å²) in [5.41, 5.74) is 4.22. The Morgan fingerprint density at radius 3 is 2.57 bits per heavy atom. The van der Waals surface area contributed by atoms with Crippen molar-refractivity contribution < 1.29 is 4.79 Å². The molecular formula is C23H17N5OS. The van der Waals surface area contributed by atoms with Crippen LogP contribution in [0.5, 0.6) is 0 Å². The van der Waals surface area contributed by atoms with Gasteiger partial charge in [-0.15, -0.1) is 11.3 Å². The molecule has 1 N–H and O–H groups in total. The number of fused-ring (bicyclic) bond motifs is 1. The van der Waals surface area contributed by atoms with E-state index in [1.54, 1.807) is 18.5 Å². The van der Waals surface area contributed by atoms with Gasteiger partial charge in [0, 0.05) is 22.5 Å². The number of hydrogen-bond donors (Lipinski definition) is 1. The molecule has 30 heavy (non-hydrogen) atoms. The molecule has 0 fully saturated rings. The number of carbonyl (C=O) groups is 1. The predicted molar refractivity (Wildman–Crippen MR) is 119 cm³/mol. The fourth-order valence-corrected chi connectivity index (χ4v) is 3.92. The molecule has 6 nitrogen and oxygen atoms in total. The molecule has 0 atom stereocenters. The van der Waals surface area contributed by atoms with Gasteiger partial charge in [-0.25, -0.2) is 14.6 Å². The topological polar surface area (TPSA) is 72.7 Å². The van der Waals surface area contributed by atoms with Crippen molar-refractivity contribution in [3.8, 4) is 11.3 Å². The summed E-state index contributed by atoms with van der Waals surface area (Å²) in [7, 11) is 0. The van der Waals surface area contributed by atoms with Crippen molar-refractivity contribution in [2.75, 3.05) is 5.32 Å². The molecule has 3 heterocycles. The normalized spacial score (nSPS) is 10.9. The van der Waals surface area contributed by atoms with Gasteiger partial charge in [-0.3, -0.25) is 10.1 Å². The second-order valence-corrected chi connectivity index (χ2v) is 7.64. The number of anilines is 1. The zero-order chi connectivity index (χ0) is 20.3. The number of nitrogens with one attached hydrogen (secondary N) is 1. The van der Waals surface area contributed by atoms with Crippen LogP contribution < -0.4 is 5.32 Å². The molecule has 3 aromatic heterocycles. The summed E-state index contributed by atoms with van der Waals surface area (Å²) < 4.78 is 1.83. The second-order valence-electron chi connectivity index (χ2n) is 6.78. The van der Waals surface area contributed by atoms with E-state index in [9.17, 15) is 4.79 Å². The van der Waals surface area contributed by atoms with E-state index in [0.29, 0.717) is 17.2 Å². The SMILES string of the molecule is O=C(Nc1nc(-c2ccccc2)cs1)c1cnc2c(cnn2Cc2ccccc2)c1. The van der Waals surface area contributed by atoms with Crippen LogP contribution in [0.4, 0.5) is 5.13 Å². The summed E-state index contributed by atoms with van der Waals surface area (Å²) in [6.07, 6.45) is 3.31. The van der Waals surface area contributed by atoms with Crippen LogP contribution >= 0.6 is 11.3 Å². The Bertz CT molecular complexity index is 1310. The van der Waals surface area contributed by atoms with E-state index >= 15 is 0 Å². The summed E-state index contributed by atoms with van der Waals surface area (Å²) in [4.78, 5) is 21.7. The summed E-state index contributed by atoms with van der Waals surface area (Å²) in [5.74, 6) is -0.242. The number of amides is 1. The molecule has 0 spiro atoms. The predicted octanol–water partition coefficient (Wildman–Crippen LogP) is 4.86. The Kier molecular flexibility index (Phi) is 4.78. The van der Waals surface area contributed by atoms with E-state index in [2.05, 4.69) is 20.4 Å². The molecule has 0 aliphatic carbocycles. The number of thiazole rings is 1. The first-order valence-corrected chi connectivity index (χ1v) is 10.3. The first-order chi connectivity index (χ1) is 14.8. The Balaban J connectivity index is 1.34. The highest BCUT2D eigenvalue weighted by atomic mass is 32.1. The van der Waals surface area contributed by atoms with Crippen LogP contribution in [0.15, 0.2) is 84.5 Å². The number of pyridine rings is 1. The molecule has 0 radical (unpaired) electrons. The van der Waals surface area contributed by atoms with Gasteiger partial charge in [0.2, 0.25) is 0 Å². The maximum atomic E-state index is 12.7. The van der Waals surface area contributed by atoms with E-state index in [-0.39, 0.29) is 5.91 Å². The zero-order valence-corrected chi connectivity index (χ0v) is 16.7. The molecule has 146 valence electrons. The molecule has 0 aliphatic rings. The standard InChI is InChI=1S/C23H17N5OS/c29-22(27-23-26-20(15-30-23)17-9-5-2-6-10-17)19-11-18-13-25-28(21(18)24-12-19)14-16-7-3-1-4-8-16/h1-13,15H,14H2,(H,26,27,29). The fourth-order valence-electron chi connectivity index (χ4n) is 3.21. The van der Waals surface area contributed by atoms with Crippen molar-refractivity contribution in [1.29, 1.82) is 0 Å². The van der Waals surface area contributed by atoms with E-state index in [1.807, 2.05) is 70.7 Å². The highest BCUT2D eigenvalue weighted by Gasteiger charge is 2.13. The minimum atomic E-state index is -0.242. The lowest BCUT2D eigenvalue weighted by atomic mass is 10.2. The van der Waals surface area contributed by atoms with Gasteiger partial charge in [0.1, 0.15) is 0 Å². The monoisotopic (exact) mass is 411 g/mol. The van der Waals surface area contributed by atoms with Crippen molar-refractivity contribution in [2.24, 2.45) is 0 Å². The molecule has 2 aromatic carbocycles. The lowest BCUT2D eigenvalue weighted by molar-refractivity contribution is 0.102. The molecular weight excluding hydrogens is 394 g/mol. The maximum absolute atomic E-state index is 12.7. The molecule has 0 aliphatic heterocycles. The van der Waals surface area contributed by atoms with Crippen molar-refractivity contribution in [2.45, 2.75) is 6.54 Å². The molecule has 0 saturated heterocycles. The van der Waals surface area contributed by atoms with Gasteiger partial charge in [-0.05, 0) is 11.6 Å². The van der Waals surface area contributed by atoms with Crippen LogP contribution in [0.1, 0.15) is 15.9 Å². The first-order valence-electron chi connectivity index (χ1n) is 9.44. The number of nitrogens with zero attached hydrogens (tertiary/aromatic N) is 4. The maximum Gasteiger partial charge on any atom is 0.259 e. The third-order valence-electron chi connectivity index (χ3n) is 4.71. The number of rotatable bonds is 5. The fraction of sp³-hybridized carbons (Fsp3) is 0.0435. The van der Waals surface area contributed by atoms with Gasteiger partial charge in [0.25, 0.3) is 5.91 Å². The van der Waals surface area contributed by atoms with Crippen molar-refractivity contribution in [3.63, 3.8) is 0 Å². The highest BCUT2D eigenvalue weighted by Crippen LogP contribution is 2.25. The van der Waals surface area contributed by atoms with Gasteiger partial charge in [-0.1, -0.05) is 60.7 Å². The second kappa shape index (κ2) is 7.88. The molecule has 5 aromatic rings. The molecule has 7 heteroatoms. The van der Waals surface area contributed by atoms with Gasteiger partial charge >= 0.3 is 0 Å². The van der Waals surface area contributed by atoms with Crippen molar-refractivity contribution in [3.05, 3.63) is 95.6 Å². The Morgan fingerprint density at radius 1 is 1.00 bits per heavy atom. The molecule has 0 unspecified atom stereocenters. The van der Waals surface area contributed by atoms with Crippen LogP contribution in [0.3, 0.4) is 0 Å². The summed E-state index contributed by atoms with van der Waals surface area (Å²) >= 11 is 1.40. The molecule has 5 rings (SSSR count). The average Bonchev–Trinajstić information content (AvgIpc) is 3.42.